The average molecular weight is 343 g/mol. The van der Waals surface area contributed by atoms with Crippen molar-refractivity contribution in [2.75, 3.05) is 23.3 Å². The topological polar surface area (TPSA) is 105 Å². The number of hydrogen-bond acceptors (Lipinski definition) is 6. The molecule has 9 nitrogen and oxygen atoms in total. The first-order valence-electron chi connectivity index (χ1n) is 8.28. The van der Waals surface area contributed by atoms with Crippen molar-refractivity contribution < 1.29 is 9.59 Å². The Bertz CT molecular complexity index is 726. The monoisotopic (exact) mass is 343 g/mol. The second-order valence-corrected chi connectivity index (χ2v) is 6.03. The standard InChI is InChI=1S/C16H21N7O2/c1-12(18-15(24)10-23-11-17-20-21-23)16(25)19-13-5-4-6-14(9-13)22-7-2-3-8-22/h4-6,9,11-12H,2-3,7-8,10H2,1H3,(H,18,24)(H,19,25)/t12-/m1/s1. The lowest BCUT2D eigenvalue weighted by Gasteiger charge is -2.19. The number of hydrogen-bond donors (Lipinski definition) is 2. The molecular formula is C16H21N7O2. The van der Waals surface area contributed by atoms with Gasteiger partial charge < -0.3 is 15.5 Å². The highest BCUT2D eigenvalue weighted by molar-refractivity contribution is 5.97. The Hall–Kier alpha value is -2.97. The van der Waals surface area contributed by atoms with E-state index in [1.54, 1.807) is 6.92 Å². The molecule has 1 aromatic heterocycles. The van der Waals surface area contributed by atoms with Gasteiger partial charge in [0.2, 0.25) is 11.8 Å². The van der Waals surface area contributed by atoms with E-state index in [4.69, 9.17) is 0 Å². The van der Waals surface area contributed by atoms with Crippen LogP contribution in [0.2, 0.25) is 0 Å². The van der Waals surface area contributed by atoms with E-state index in [0.717, 1.165) is 24.5 Å². The van der Waals surface area contributed by atoms with Gasteiger partial charge in [-0.2, -0.15) is 0 Å². The number of aromatic nitrogens is 4. The van der Waals surface area contributed by atoms with E-state index in [1.807, 2.05) is 24.3 Å². The van der Waals surface area contributed by atoms with Crippen LogP contribution in [0.4, 0.5) is 11.4 Å². The summed E-state index contributed by atoms with van der Waals surface area (Å²) in [4.78, 5) is 26.5. The first kappa shape index (κ1) is 16.9. The molecule has 1 aromatic carbocycles. The molecule has 2 heterocycles. The van der Waals surface area contributed by atoms with Crippen molar-refractivity contribution in [3.63, 3.8) is 0 Å². The third-order valence-electron chi connectivity index (χ3n) is 4.05. The summed E-state index contributed by atoms with van der Waals surface area (Å²) in [6.45, 7) is 3.69. The largest absolute Gasteiger partial charge is 0.371 e. The first-order valence-corrected chi connectivity index (χ1v) is 8.28. The Balaban J connectivity index is 1.54. The number of carbonyl (C=O) groups excluding carboxylic acids is 2. The predicted octanol–water partition coefficient (Wildman–Crippen LogP) is 0.417. The fourth-order valence-electron chi connectivity index (χ4n) is 2.76. The lowest BCUT2D eigenvalue weighted by atomic mass is 10.2. The maximum Gasteiger partial charge on any atom is 0.246 e. The van der Waals surface area contributed by atoms with Crippen LogP contribution in [-0.2, 0) is 16.1 Å². The second kappa shape index (κ2) is 7.73. The number of nitrogens with one attached hydrogen (secondary N) is 2. The summed E-state index contributed by atoms with van der Waals surface area (Å²) in [5.41, 5.74) is 1.82. The molecule has 0 radical (unpaired) electrons. The van der Waals surface area contributed by atoms with Crippen molar-refractivity contribution in [2.24, 2.45) is 0 Å². The number of benzene rings is 1. The zero-order chi connectivity index (χ0) is 17.6. The molecule has 0 saturated carbocycles. The van der Waals surface area contributed by atoms with E-state index in [2.05, 4.69) is 31.1 Å². The Morgan fingerprint density at radius 3 is 2.80 bits per heavy atom. The molecule has 9 heteroatoms. The van der Waals surface area contributed by atoms with Crippen molar-refractivity contribution in [2.45, 2.75) is 32.4 Å². The van der Waals surface area contributed by atoms with Crippen molar-refractivity contribution in [1.29, 1.82) is 0 Å². The molecule has 3 rings (SSSR count). The lowest BCUT2D eigenvalue weighted by Crippen LogP contribution is -2.43. The van der Waals surface area contributed by atoms with Crippen LogP contribution in [0.3, 0.4) is 0 Å². The summed E-state index contributed by atoms with van der Waals surface area (Å²) >= 11 is 0. The summed E-state index contributed by atoms with van der Waals surface area (Å²) in [7, 11) is 0. The van der Waals surface area contributed by atoms with Gasteiger partial charge in [0.05, 0.1) is 0 Å². The fourth-order valence-corrected chi connectivity index (χ4v) is 2.76. The number of nitrogens with zero attached hydrogens (tertiary/aromatic N) is 5. The van der Waals surface area contributed by atoms with Gasteiger partial charge in [-0.3, -0.25) is 9.59 Å². The molecule has 0 aliphatic carbocycles. The molecule has 25 heavy (non-hydrogen) atoms. The summed E-state index contributed by atoms with van der Waals surface area (Å²) in [5, 5.41) is 16.0. The number of anilines is 2. The zero-order valence-corrected chi connectivity index (χ0v) is 14.1. The second-order valence-electron chi connectivity index (χ2n) is 6.03. The molecule has 0 spiro atoms. The van der Waals surface area contributed by atoms with Gasteiger partial charge >= 0.3 is 0 Å². The molecule has 1 aliphatic heterocycles. The summed E-state index contributed by atoms with van der Waals surface area (Å²) in [6.07, 6.45) is 3.73. The van der Waals surface area contributed by atoms with Gasteiger partial charge in [0.15, 0.2) is 0 Å². The highest BCUT2D eigenvalue weighted by atomic mass is 16.2. The van der Waals surface area contributed by atoms with E-state index in [9.17, 15) is 9.59 Å². The SMILES string of the molecule is C[C@@H](NC(=O)Cn1cnnn1)C(=O)Nc1cccc(N2CCCC2)c1. The molecule has 2 aromatic rings. The van der Waals surface area contributed by atoms with Crippen molar-refractivity contribution in [3.8, 4) is 0 Å². The van der Waals surface area contributed by atoms with Crippen molar-refractivity contribution in [3.05, 3.63) is 30.6 Å². The summed E-state index contributed by atoms with van der Waals surface area (Å²) in [5.74, 6) is -0.607. The predicted molar refractivity (Wildman–Crippen MR) is 91.9 cm³/mol. The van der Waals surface area contributed by atoms with E-state index in [-0.39, 0.29) is 18.4 Å². The van der Waals surface area contributed by atoms with Crippen LogP contribution in [0.25, 0.3) is 0 Å². The van der Waals surface area contributed by atoms with Gasteiger partial charge in [-0.1, -0.05) is 6.07 Å². The average Bonchev–Trinajstić information content (AvgIpc) is 3.28. The molecule has 2 amide bonds. The van der Waals surface area contributed by atoms with Gasteiger partial charge in [-0.15, -0.1) is 5.10 Å². The smallest absolute Gasteiger partial charge is 0.246 e. The van der Waals surface area contributed by atoms with Gasteiger partial charge in [-0.05, 0) is 48.4 Å². The number of carbonyl (C=O) groups is 2. The van der Waals surface area contributed by atoms with Crippen LogP contribution in [-0.4, -0.2) is 51.2 Å². The van der Waals surface area contributed by atoms with Crippen LogP contribution >= 0.6 is 0 Å². The highest BCUT2D eigenvalue weighted by Crippen LogP contribution is 2.23. The minimum absolute atomic E-state index is 0.0327. The molecule has 1 fully saturated rings. The van der Waals surface area contributed by atoms with Gasteiger partial charge in [0.25, 0.3) is 0 Å². The number of amides is 2. The molecule has 0 bridgehead atoms. The summed E-state index contributed by atoms with van der Waals surface area (Å²) in [6, 6.07) is 7.09. The maximum atomic E-state index is 12.3. The van der Waals surface area contributed by atoms with Crippen molar-refractivity contribution in [1.82, 2.24) is 25.5 Å². The molecule has 2 N–H and O–H groups in total. The Morgan fingerprint density at radius 1 is 1.28 bits per heavy atom. The van der Waals surface area contributed by atoms with E-state index in [0.29, 0.717) is 0 Å². The quantitative estimate of drug-likeness (QED) is 0.787. The Kier molecular flexibility index (Phi) is 5.22. The summed E-state index contributed by atoms with van der Waals surface area (Å²) < 4.78 is 1.29. The van der Waals surface area contributed by atoms with E-state index < -0.39 is 6.04 Å². The van der Waals surface area contributed by atoms with Crippen LogP contribution in [0.1, 0.15) is 19.8 Å². The molecule has 1 atom stereocenters. The molecule has 1 aliphatic rings. The molecular weight excluding hydrogens is 322 g/mol. The lowest BCUT2D eigenvalue weighted by molar-refractivity contribution is -0.126. The maximum absolute atomic E-state index is 12.3. The van der Waals surface area contributed by atoms with Crippen LogP contribution in [0.15, 0.2) is 30.6 Å². The highest BCUT2D eigenvalue weighted by Gasteiger charge is 2.17. The number of tetrazole rings is 1. The Morgan fingerprint density at radius 2 is 2.08 bits per heavy atom. The molecule has 132 valence electrons. The third-order valence-corrected chi connectivity index (χ3v) is 4.05. The van der Waals surface area contributed by atoms with Crippen molar-refractivity contribution >= 4 is 23.2 Å². The van der Waals surface area contributed by atoms with E-state index in [1.165, 1.54) is 23.9 Å². The van der Waals surface area contributed by atoms with Gasteiger partial charge in [-0.25, -0.2) is 4.68 Å². The third kappa shape index (κ3) is 4.52. The first-order chi connectivity index (χ1) is 12.1. The van der Waals surface area contributed by atoms with Gasteiger partial charge in [0.1, 0.15) is 18.9 Å². The molecule has 1 saturated heterocycles. The van der Waals surface area contributed by atoms with E-state index >= 15 is 0 Å². The zero-order valence-electron chi connectivity index (χ0n) is 14.1. The van der Waals surface area contributed by atoms with Crippen LogP contribution in [0, 0.1) is 0 Å². The normalized spacial score (nSPS) is 15.0. The fraction of sp³-hybridized carbons (Fsp3) is 0.438. The minimum Gasteiger partial charge on any atom is -0.371 e. The molecule has 0 unspecified atom stereocenters. The van der Waals surface area contributed by atoms with Crippen LogP contribution < -0.4 is 15.5 Å². The van der Waals surface area contributed by atoms with Crippen LogP contribution in [0.5, 0.6) is 0 Å². The number of rotatable bonds is 6. The van der Waals surface area contributed by atoms with Gasteiger partial charge in [0, 0.05) is 24.5 Å². The Labute approximate surface area is 145 Å². The minimum atomic E-state index is -0.667.